The number of nitrogens with zero attached hydrogens (tertiary/aromatic N) is 3. The van der Waals surface area contributed by atoms with E-state index >= 15 is 0 Å². The van der Waals surface area contributed by atoms with E-state index in [-0.39, 0.29) is 25.7 Å². The van der Waals surface area contributed by atoms with E-state index < -0.39 is 6.85 Å². The standard InChI is InChI=1S/C40H27N2O.C12H10N.Ir/c1-4-13-28(14-5-1)25-29-23-24-34-35(27-43-38(34)26-29)40-41-36-21-10-11-22-37(36)42(40)39-32(30-15-6-2-7-16-30)19-12-20-33(39)31-17-8-3-9-18-31;1-10-7-8-12(13-9-10)11-5-3-2-4-6-11;/h1-24,26H,25H2;2-5,7-9H,1H3;/q2*-1;/i;1D3;. The van der Waals surface area contributed by atoms with Gasteiger partial charge in [0.2, 0.25) is 0 Å². The second-order valence-corrected chi connectivity index (χ2v) is 13.5. The van der Waals surface area contributed by atoms with Gasteiger partial charge in [-0.05, 0) is 53.4 Å². The van der Waals surface area contributed by atoms with Gasteiger partial charge in [-0.15, -0.1) is 42.0 Å². The number of hydrogen-bond donors (Lipinski definition) is 0. The number of imidazole rings is 1. The molecule has 0 aliphatic heterocycles. The van der Waals surface area contributed by atoms with Gasteiger partial charge in [0.25, 0.3) is 0 Å². The molecule has 277 valence electrons. The summed E-state index contributed by atoms with van der Waals surface area (Å²) < 4.78 is 30.1. The quantitative estimate of drug-likeness (QED) is 0.150. The van der Waals surface area contributed by atoms with Crippen LogP contribution in [-0.4, -0.2) is 14.5 Å². The summed E-state index contributed by atoms with van der Waals surface area (Å²) >= 11 is 0. The number of para-hydroxylation sites is 3. The van der Waals surface area contributed by atoms with E-state index in [1.807, 2.05) is 30.3 Å². The van der Waals surface area contributed by atoms with E-state index in [4.69, 9.17) is 13.5 Å². The molecule has 0 aliphatic rings. The number of rotatable bonds is 7. The minimum absolute atomic E-state index is 0. The predicted octanol–water partition coefficient (Wildman–Crippen LogP) is 13.0. The second-order valence-electron chi connectivity index (χ2n) is 13.5. The number of aromatic nitrogens is 3. The summed E-state index contributed by atoms with van der Waals surface area (Å²) in [6.45, 7) is -2.09. The zero-order valence-electron chi connectivity index (χ0n) is 33.8. The van der Waals surface area contributed by atoms with Crippen molar-refractivity contribution in [1.82, 2.24) is 14.5 Å². The monoisotopic (exact) mass is 915 g/mol. The largest absolute Gasteiger partial charge is 0.557 e. The molecule has 0 amide bonds. The van der Waals surface area contributed by atoms with Crippen molar-refractivity contribution < 1.29 is 28.6 Å². The van der Waals surface area contributed by atoms with Gasteiger partial charge in [0.05, 0.1) is 22.5 Å². The van der Waals surface area contributed by atoms with E-state index in [9.17, 15) is 0 Å². The molecular formula is C52H37IrN3O-2. The van der Waals surface area contributed by atoms with Crippen LogP contribution >= 0.6 is 0 Å². The number of pyridine rings is 1. The van der Waals surface area contributed by atoms with Crippen molar-refractivity contribution in [3.8, 4) is 50.6 Å². The number of fused-ring (bicyclic) bond motifs is 2. The summed E-state index contributed by atoms with van der Waals surface area (Å²) in [4.78, 5) is 9.34. The van der Waals surface area contributed by atoms with Gasteiger partial charge in [-0.2, -0.15) is 0 Å². The molecule has 0 unspecified atom stereocenters. The fraction of sp³-hybridized carbons (Fsp3) is 0.0385. The number of aryl methyl sites for hydroxylation is 1. The molecule has 3 heterocycles. The zero-order chi connectivity index (χ0) is 40.2. The summed E-state index contributed by atoms with van der Waals surface area (Å²) in [6, 6.07) is 66.7. The Bertz CT molecular complexity index is 2930. The summed E-state index contributed by atoms with van der Waals surface area (Å²) in [5.74, 6) is 0.802. The Morgan fingerprint density at radius 2 is 1.33 bits per heavy atom. The van der Waals surface area contributed by atoms with Crippen molar-refractivity contribution in [2.45, 2.75) is 13.3 Å². The van der Waals surface area contributed by atoms with Crippen molar-refractivity contribution in [2.75, 3.05) is 0 Å². The maximum Gasteiger partial charge on any atom is 0.0774 e. The van der Waals surface area contributed by atoms with Crippen LogP contribution in [0.3, 0.4) is 0 Å². The van der Waals surface area contributed by atoms with Gasteiger partial charge in [0, 0.05) is 53.4 Å². The number of benzene rings is 7. The molecule has 1 radical (unpaired) electrons. The average molecular weight is 915 g/mol. The second kappa shape index (κ2) is 17.0. The van der Waals surface area contributed by atoms with Crippen molar-refractivity contribution in [3.05, 3.63) is 223 Å². The van der Waals surface area contributed by atoms with Crippen LogP contribution in [0.15, 0.2) is 199 Å². The van der Waals surface area contributed by atoms with Crippen LogP contribution in [0.4, 0.5) is 0 Å². The van der Waals surface area contributed by atoms with Crippen LogP contribution in [0.25, 0.3) is 72.6 Å². The fourth-order valence-electron chi connectivity index (χ4n) is 7.14. The SMILES string of the molecule is [2H]C([2H])([2H])c1ccc(-c2[c-]cccc2)nc1.[Ir].[c-]1oc2cc(Cc3ccccc3)ccc2c1-c1nc2ccccc2n1-c1c(-c2ccccc2)cccc1-c1ccccc1. The molecule has 0 saturated heterocycles. The first-order valence-electron chi connectivity index (χ1n) is 20.0. The average Bonchev–Trinajstić information content (AvgIpc) is 3.88. The third-order valence-corrected chi connectivity index (χ3v) is 9.79. The molecular weight excluding hydrogens is 875 g/mol. The van der Waals surface area contributed by atoms with Crippen LogP contribution in [0.2, 0.25) is 0 Å². The van der Waals surface area contributed by atoms with Gasteiger partial charge in [0.15, 0.2) is 0 Å². The molecule has 10 aromatic rings. The molecule has 0 atom stereocenters. The Labute approximate surface area is 350 Å². The Hall–Kier alpha value is -6.65. The molecule has 0 fully saturated rings. The normalized spacial score (nSPS) is 11.8. The van der Waals surface area contributed by atoms with Crippen molar-refractivity contribution in [1.29, 1.82) is 0 Å². The van der Waals surface area contributed by atoms with Gasteiger partial charge in [0.1, 0.15) is 0 Å². The summed E-state index contributed by atoms with van der Waals surface area (Å²) in [5.41, 5.74) is 13.5. The molecule has 7 aromatic carbocycles. The molecule has 0 spiro atoms. The van der Waals surface area contributed by atoms with E-state index in [1.54, 1.807) is 18.2 Å². The zero-order valence-corrected chi connectivity index (χ0v) is 33.2. The van der Waals surface area contributed by atoms with Gasteiger partial charge in [-0.25, -0.2) is 0 Å². The molecule has 0 N–H and O–H groups in total. The van der Waals surface area contributed by atoms with Crippen LogP contribution in [0, 0.1) is 19.2 Å². The number of hydrogen-bond acceptors (Lipinski definition) is 3. The van der Waals surface area contributed by atoms with Crippen molar-refractivity contribution in [3.63, 3.8) is 0 Å². The van der Waals surface area contributed by atoms with Gasteiger partial charge >= 0.3 is 0 Å². The Balaban J connectivity index is 0.000000248. The minimum Gasteiger partial charge on any atom is -0.557 e. The minimum atomic E-state index is -2.09. The van der Waals surface area contributed by atoms with Crippen LogP contribution in [-0.2, 0) is 26.5 Å². The first kappa shape index (κ1) is 33.7. The maximum atomic E-state index is 7.23. The summed E-state index contributed by atoms with van der Waals surface area (Å²) in [7, 11) is 0. The third-order valence-electron chi connectivity index (χ3n) is 9.79. The van der Waals surface area contributed by atoms with E-state index in [0.717, 1.165) is 79.0 Å². The first-order chi connectivity index (χ1) is 28.9. The van der Waals surface area contributed by atoms with Crippen molar-refractivity contribution in [2.24, 2.45) is 0 Å². The van der Waals surface area contributed by atoms with Gasteiger partial charge < -0.3 is 14.0 Å². The Morgan fingerprint density at radius 1 is 0.649 bits per heavy atom. The van der Waals surface area contributed by atoms with Crippen LogP contribution in [0.5, 0.6) is 0 Å². The molecule has 4 nitrogen and oxygen atoms in total. The van der Waals surface area contributed by atoms with E-state index in [0.29, 0.717) is 0 Å². The fourth-order valence-corrected chi connectivity index (χ4v) is 7.14. The third kappa shape index (κ3) is 7.90. The topological polar surface area (TPSA) is 43.9 Å². The van der Waals surface area contributed by atoms with E-state index in [1.165, 1.54) is 17.3 Å². The van der Waals surface area contributed by atoms with Crippen LogP contribution < -0.4 is 0 Å². The predicted molar refractivity (Wildman–Crippen MR) is 228 cm³/mol. The van der Waals surface area contributed by atoms with Crippen LogP contribution in [0.1, 0.15) is 20.8 Å². The molecule has 10 rings (SSSR count). The Kier molecular flexibility index (Phi) is 10.0. The molecule has 5 heteroatoms. The number of furan rings is 1. The first-order valence-corrected chi connectivity index (χ1v) is 18.5. The Morgan fingerprint density at radius 3 is 2.00 bits per heavy atom. The summed E-state index contributed by atoms with van der Waals surface area (Å²) in [5, 5.41) is 0.992. The van der Waals surface area contributed by atoms with E-state index in [2.05, 4.69) is 161 Å². The molecule has 57 heavy (non-hydrogen) atoms. The molecule has 0 bridgehead atoms. The molecule has 0 aliphatic carbocycles. The van der Waals surface area contributed by atoms with Gasteiger partial charge in [-0.3, -0.25) is 4.98 Å². The van der Waals surface area contributed by atoms with Crippen molar-refractivity contribution >= 4 is 22.0 Å². The molecule has 3 aromatic heterocycles. The van der Waals surface area contributed by atoms with Gasteiger partial charge in [-0.1, -0.05) is 162 Å². The summed E-state index contributed by atoms with van der Waals surface area (Å²) in [6.07, 6.45) is 5.49. The smallest absolute Gasteiger partial charge is 0.0774 e. The maximum absolute atomic E-state index is 7.23. The molecule has 0 saturated carbocycles.